The number of amides is 1. The number of hydrogen-bond acceptors (Lipinski definition) is 6. The molecule has 8 heteroatoms. The van der Waals surface area contributed by atoms with Crippen LogP contribution in [-0.2, 0) is 6.54 Å². The van der Waals surface area contributed by atoms with Crippen molar-refractivity contribution in [1.82, 2.24) is 15.3 Å². The molecule has 0 aliphatic carbocycles. The van der Waals surface area contributed by atoms with E-state index in [9.17, 15) is 9.59 Å². The molecule has 26 heavy (non-hydrogen) atoms. The van der Waals surface area contributed by atoms with Crippen LogP contribution in [0.1, 0.15) is 46.3 Å². The molecule has 8 nitrogen and oxygen atoms in total. The fraction of sp³-hybridized carbons (Fsp3) is 0.333. The molecule has 2 N–H and O–H groups in total. The van der Waals surface area contributed by atoms with Crippen molar-refractivity contribution in [2.45, 2.75) is 26.3 Å². The maximum Gasteiger partial charge on any atom is 0.356 e. The lowest BCUT2D eigenvalue weighted by Gasteiger charge is -2.12. The van der Waals surface area contributed by atoms with E-state index in [0.29, 0.717) is 18.1 Å². The van der Waals surface area contributed by atoms with Gasteiger partial charge in [0.25, 0.3) is 5.91 Å². The number of nitrogens with zero attached hydrogens (tertiary/aromatic N) is 2. The summed E-state index contributed by atoms with van der Waals surface area (Å²) >= 11 is 0. The quantitative estimate of drug-likeness (QED) is 0.661. The monoisotopic (exact) mass is 359 g/mol. The highest BCUT2D eigenvalue weighted by molar-refractivity contribution is 5.92. The Kier molecular flexibility index (Phi) is 6.90. The molecule has 1 aromatic heterocycles. The predicted molar refractivity (Wildman–Crippen MR) is 93.6 cm³/mol. The number of carboxylic acids is 1. The van der Waals surface area contributed by atoms with Crippen molar-refractivity contribution in [2.75, 3.05) is 13.7 Å². The molecule has 0 saturated carbocycles. The van der Waals surface area contributed by atoms with Gasteiger partial charge >= 0.3 is 5.97 Å². The second-order valence-electron chi connectivity index (χ2n) is 5.46. The molecule has 0 saturated heterocycles. The van der Waals surface area contributed by atoms with Crippen molar-refractivity contribution < 1.29 is 24.2 Å². The van der Waals surface area contributed by atoms with E-state index >= 15 is 0 Å². The molecule has 0 spiro atoms. The molecule has 1 aromatic carbocycles. The number of carbonyl (C=O) groups excluding carboxylic acids is 1. The summed E-state index contributed by atoms with van der Waals surface area (Å²) in [6.45, 7) is 2.96. The average molecular weight is 359 g/mol. The van der Waals surface area contributed by atoms with Crippen LogP contribution in [-0.4, -0.2) is 40.7 Å². The number of methoxy groups -OCH3 is 1. The zero-order chi connectivity index (χ0) is 18.9. The Balaban J connectivity index is 1.97. The van der Waals surface area contributed by atoms with Crippen molar-refractivity contribution in [3.63, 3.8) is 0 Å². The Morgan fingerprint density at radius 3 is 2.50 bits per heavy atom. The molecule has 138 valence electrons. The molecular weight excluding hydrogens is 338 g/mol. The minimum atomic E-state index is -1.20. The van der Waals surface area contributed by atoms with Gasteiger partial charge in [-0.15, -0.1) is 0 Å². The highest BCUT2D eigenvalue weighted by Crippen LogP contribution is 2.28. The van der Waals surface area contributed by atoms with Crippen molar-refractivity contribution >= 4 is 11.9 Å². The number of aromatic nitrogens is 2. The Morgan fingerprint density at radius 2 is 1.88 bits per heavy atom. The third-order valence-electron chi connectivity index (χ3n) is 3.54. The van der Waals surface area contributed by atoms with Gasteiger partial charge in [0.2, 0.25) is 0 Å². The van der Waals surface area contributed by atoms with Gasteiger partial charge in [-0.3, -0.25) is 4.79 Å². The van der Waals surface area contributed by atoms with Crippen LogP contribution in [0, 0.1) is 0 Å². The predicted octanol–water partition coefficient (Wildman–Crippen LogP) is 2.29. The highest BCUT2D eigenvalue weighted by Gasteiger charge is 2.11. The van der Waals surface area contributed by atoms with E-state index in [-0.39, 0.29) is 17.9 Å². The molecule has 0 fully saturated rings. The maximum absolute atomic E-state index is 12.1. The van der Waals surface area contributed by atoms with Gasteiger partial charge in [0.05, 0.1) is 26.1 Å². The molecule has 1 amide bonds. The standard InChI is InChI=1S/C18H21N3O5/c1-3-4-7-26-15-6-5-12(8-16(15)25-2)9-21-17(22)13-10-20-14(11-19-13)18(23)24/h5-6,8,10-11H,3-4,7,9H2,1-2H3,(H,21,22)(H,23,24). The number of unbranched alkanes of at least 4 members (excludes halogenated alkanes) is 1. The Morgan fingerprint density at radius 1 is 1.15 bits per heavy atom. The molecule has 1 heterocycles. The van der Waals surface area contributed by atoms with Crippen molar-refractivity contribution in [1.29, 1.82) is 0 Å². The Bertz CT molecular complexity index is 762. The largest absolute Gasteiger partial charge is 0.493 e. The van der Waals surface area contributed by atoms with Crippen LogP contribution in [0.3, 0.4) is 0 Å². The van der Waals surface area contributed by atoms with Gasteiger partial charge in [0.15, 0.2) is 17.2 Å². The molecule has 2 rings (SSSR count). The number of ether oxygens (including phenoxy) is 2. The second-order valence-corrected chi connectivity index (χ2v) is 5.46. The summed E-state index contributed by atoms with van der Waals surface area (Å²) in [5.74, 6) is -0.390. The molecule has 0 atom stereocenters. The maximum atomic E-state index is 12.1. The van der Waals surface area contributed by atoms with Gasteiger partial charge in [-0.1, -0.05) is 19.4 Å². The van der Waals surface area contributed by atoms with E-state index in [1.807, 2.05) is 6.07 Å². The third-order valence-corrected chi connectivity index (χ3v) is 3.54. The summed E-state index contributed by atoms with van der Waals surface area (Å²) in [5.41, 5.74) is 0.652. The lowest BCUT2D eigenvalue weighted by molar-refractivity contribution is 0.0689. The molecule has 0 bridgehead atoms. The van der Waals surface area contributed by atoms with Crippen LogP contribution in [0.2, 0.25) is 0 Å². The summed E-state index contributed by atoms with van der Waals surface area (Å²) in [6.07, 6.45) is 4.18. The minimum absolute atomic E-state index is 0.0430. The van der Waals surface area contributed by atoms with Crippen LogP contribution in [0.5, 0.6) is 11.5 Å². The molecule has 0 radical (unpaired) electrons. The van der Waals surface area contributed by atoms with E-state index in [1.165, 1.54) is 0 Å². The number of carboxylic acid groups (broad SMARTS) is 1. The lowest BCUT2D eigenvalue weighted by Crippen LogP contribution is -2.24. The Labute approximate surface area is 151 Å². The van der Waals surface area contributed by atoms with Gasteiger partial charge < -0.3 is 19.9 Å². The SMILES string of the molecule is CCCCOc1ccc(CNC(=O)c2cnc(C(=O)O)cn2)cc1OC. The van der Waals surface area contributed by atoms with Crippen LogP contribution in [0.25, 0.3) is 0 Å². The first-order valence-electron chi connectivity index (χ1n) is 8.18. The zero-order valence-corrected chi connectivity index (χ0v) is 14.7. The van der Waals surface area contributed by atoms with E-state index in [2.05, 4.69) is 22.2 Å². The number of rotatable bonds is 9. The van der Waals surface area contributed by atoms with Gasteiger partial charge in [-0.05, 0) is 24.1 Å². The van der Waals surface area contributed by atoms with E-state index in [0.717, 1.165) is 30.8 Å². The summed E-state index contributed by atoms with van der Waals surface area (Å²) in [7, 11) is 1.56. The van der Waals surface area contributed by atoms with Crippen LogP contribution in [0.15, 0.2) is 30.6 Å². The minimum Gasteiger partial charge on any atom is -0.493 e. The molecule has 0 aliphatic heterocycles. The first kappa shape index (κ1) is 19.2. The van der Waals surface area contributed by atoms with Gasteiger partial charge in [0.1, 0.15) is 5.69 Å². The average Bonchev–Trinajstić information content (AvgIpc) is 2.66. The van der Waals surface area contributed by atoms with Crippen molar-refractivity contribution in [3.05, 3.63) is 47.5 Å². The van der Waals surface area contributed by atoms with Crippen molar-refractivity contribution in [2.24, 2.45) is 0 Å². The summed E-state index contributed by atoms with van der Waals surface area (Å²) < 4.78 is 11.0. The Hall–Kier alpha value is -3.16. The van der Waals surface area contributed by atoms with Gasteiger partial charge in [-0.25, -0.2) is 14.8 Å². The number of hydrogen-bond donors (Lipinski definition) is 2. The molecule has 0 unspecified atom stereocenters. The van der Waals surface area contributed by atoms with Gasteiger partial charge in [0, 0.05) is 6.54 Å². The smallest absolute Gasteiger partial charge is 0.356 e. The van der Waals surface area contributed by atoms with Gasteiger partial charge in [-0.2, -0.15) is 0 Å². The van der Waals surface area contributed by atoms with E-state index in [1.54, 1.807) is 19.2 Å². The van der Waals surface area contributed by atoms with Crippen LogP contribution >= 0.6 is 0 Å². The fourth-order valence-corrected chi connectivity index (χ4v) is 2.10. The second kappa shape index (κ2) is 9.36. The zero-order valence-electron chi connectivity index (χ0n) is 14.7. The van der Waals surface area contributed by atoms with Crippen LogP contribution in [0.4, 0.5) is 0 Å². The highest BCUT2D eigenvalue weighted by atomic mass is 16.5. The topological polar surface area (TPSA) is 111 Å². The number of carbonyl (C=O) groups is 2. The molecule has 0 aliphatic rings. The van der Waals surface area contributed by atoms with Crippen molar-refractivity contribution in [3.8, 4) is 11.5 Å². The van der Waals surface area contributed by atoms with E-state index < -0.39 is 11.9 Å². The lowest BCUT2D eigenvalue weighted by atomic mass is 10.2. The number of aromatic carboxylic acids is 1. The van der Waals surface area contributed by atoms with E-state index in [4.69, 9.17) is 14.6 Å². The molecular formula is C18H21N3O5. The van der Waals surface area contributed by atoms with Crippen LogP contribution < -0.4 is 14.8 Å². The first-order chi connectivity index (χ1) is 12.5. The normalized spacial score (nSPS) is 10.2. The summed E-state index contributed by atoms with van der Waals surface area (Å²) in [6, 6.07) is 5.43. The number of benzene rings is 1. The third kappa shape index (κ3) is 5.17. The summed E-state index contributed by atoms with van der Waals surface area (Å²) in [5, 5.41) is 11.5. The fourth-order valence-electron chi connectivity index (χ4n) is 2.10. The molecule has 2 aromatic rings. The summed E-state index contributed by atoms with van der Waals surface area (Å²) in [4.78, 5) is 30.3. The number of nitrogens with one attached hydrogen (secondary N) is 1. The first-order valence-corrected chi connectivity index (χ1v) is 8.18.